The van der Waals surface area contributed by atoms with Crippen LogP contribution in [0.15, 0.2) is 12.7 Å². The van der Waals surface area contributed by atoms with Gasteiger partial charge in [0.1, 0.15) is 5.60 Å². The minimum Gasteiger partial charge on any atom is -0.456 e. The summed E-state index contributed by atoms with van der Waals surface area (Å²) in [6, 6.07) is 0. The van der Waals surface area contributed by atoms with Crippen molar-refractivity contribution in [1.29, 1.82) is 0 Å². The van der Waals surface area contributed by atoms with E-state index in [1.165, 1.54) is 12.8 Å². The Morgan fingerprint density at radius 3 is 2.75 bits per heavy atom. The monoisotopic (exact) mass is 280 g/mol. The Morgan fingerprint density at radius 1 is 1.40 bits per heavy atom. The first-order valence-corrected chi connectivity index (χ1v) is 7.60. The van der Waals surface area contributed by atoms with Crippen LogP contribution in [0.1, 0.15) is 51.9 Å². The van der Waals surface area contributed by atoms with Crippen LogP contribution in [0.2, 0.25) is 0 Å². The van der Waals surface area contributed by atoms with E-state index in [2.05, 4.69) is 13.5 Å². The summed E-state index contributed by atoms with van der Waals surface area (Å²) in [4.78, 5) is 22.9. The van der Waals surface area contributed by atoms with Crippen molar-refractivity contribution in [3.8, 4) is 0 Å². The molecule has 20 heavy (non-hydrogen) atoms. The Kier molecular flexibility index (Phi) is 4.84. The number of hydrogen-bond donors (Lipinski definition) is 0. The molecule has 0 aromatic heterocycles. The van der Waals surface area contributed by atoms with E-state index in [1.807, 2.05) is 0 Å². The third-order valence-corrected chi connectivity index (χ3v) is 4.69. The molecule has 0 spiro atoms. The minimum absolute atomic E-state index is 0.295. The summed E-state index contributed by atoms with van der Waals surface area (Å²) >= 11 is 0. The fourth-order valence-corrected chi connectivity index (χ4v) is 3.80. The lowest BCUT2D eigenvalue weighted by Crippen LogP contribution is -2.41. The second-order valence-electron chi connectivity index (χ2n) is 6.03. The summed E-state index contributed by atoms with van der Waals surface area (Å²) in [6.45, 7) is 5.14. The first kappa shape index (κ1) is 15.1. The predicted molar refractivity (Wildman–Crippen MR) is 75.0 cm³/mol. The lowest BCUT2D eigenvalue weighted by molar-refractivity contribution is -0.175. The molecule has 0 aromatic carbocycles. The average molecular weight is 280 g/mol. The molecule has 2 aliphatic rings. The van der Waals surface area contributed by atoms with E-state index >= 15 is 0 Å². The number of ether oxygens (including phenoxy) is 2. The Bertz CT molecular complexity index is 390. The highest BCUT2D eigenvalue weighted by Crippen LogP contribution is 2.54. The molecule has 2 rings (SSSR count). The van der Waals surface area contributed by atoms with E-state index in [-0.39, 0.29) is 12.2 Å². The van der Waals surface area contributed by atoms with Crippen molar-refractivity contribution in [2.75, 3.05) is 6.61 Å². The average Bonchev–Trinajstić information content (AvgIpc) is 3.03. The van der Waals surface area contributed by atoms with Gasteiger partial charge < -0.3 is 9.47 Å². The highest BCUT2D eigenvalue weighted by atomic mass is 16.6. The summed E-state index contributed by atoms with van der Waals surface area (Å²) in [5.41, 5.74) is -0.295. The molecule has 0 heterocycles. The van der Waals surface area contributed by atoms with Gasteiger partial charge >= 0.3 is 11.9 Å². The van der Waals surface area contributed by atoms with Crippen LogP contribution in [0.25, 0.3) is 0 Å². The topological polar surface area (TPSA) is 52.6 Å². The van der Waals surface area contributed by atoms with Crippen molar-refractivity contribution in [1.82, 2.24) is 0 Å². The third kappa shape index (κ3) is 3.22. The molecular weight excluding hydrogens is 256 g/mol. The van der Waals surface area contributed by atoms with Gasteiger partial charge in [-0.05, 0) is 50.4 Å². The molecular formula is C16H24O4. The minimum atomic E-state index is -0.586. The molecule has 0 aromatic rings. The molecule has 0 saturated heterocycles. The predicted octanol–water partition coefficient (Wildman–Crippen LogP) is 3.01. The quantitative estimate of drug-likeness (QED) is 0.531. The fourth-order valence-electron chi connectivity index (χ4n) is 3.80. The van der Waals surface area contributed by atoms with E-state index in [4.69, 9.17) is 9.47 Å². The second kappa shape index (κ2) is 6.42. The highest BCUT2D eigenvalue weighted by Gasteiger charge is 2.53. The number of carbonyl (C=O) groups is 2. The number of esters is 2. The maximum atomic E-state index is 11.9. The van der Waals surface area contributed by atoms with Gasteiger partial charge in [0.2, 0.25) is 0 Å². The van der Waals surface area contributed by atoms with Crippen molar-refractivity contribution >= 4 is 11.9 Å². The zero-order valence-electron chi connectivity index (χ0n) is 12.2. The van der Waals surface area contributed by atoms with E-state index in [9.17, 15) is 9.59 Å². The SMILES string of the molecule is C=CC(=O)OCC(=O)OC1(CCCC)CC2CCC1C2. The molecule has 0 aliphatic heterocycles. The molecule has 0 radical (unpaired) electrons. The number of fused-ring (bicyclic) bond motifs is 2. The van der Waals surface area contributed by atoms with Crippen molar-refractivity contribution in [2.24, 2.45) is 11.8 Å². The van der Waals surface area contributed by atoms with Crippen LogP contribution in [-0.4, -0.2) is 24.1 Å². The van der Waals surface area contributed by atoms with Gasteiger partial charge in [0.15, 0.2) is 6.61 Å². The summed E-state index contributed by atoms with van der Waals surface area (Å²) < 4.78 is 10.5. The molecule has 4 heteroatoms. The smallest absolute Gasteiger partial charge is 0.344 e. The standard InChI is InChI=1S/C16H24O4/c1-3-5-8-16(10-12-6-7-13(16)9-12)20-15(18)11-19-14(17)4-2/h4,12-13H,2-3,5-11H2,1H3. The summed E-state index contributed by atoms with van der Waals surface area (Å²) in [5, 5.41) is 0. The van der Waals surface area contributed by atoms with Crippen molar-refractivity contribution in [3.63, 3.8) is 0 Å². The zero-order valence-corrected chi connectivity index (χ0v) is 12.2. The van der Waals surface area contributed by atoms with Crippen LogP contribution in [0.3, 0.4) is 0 Å². The third-order valence-electron chi connectivity index (χ3n) is 4.69. The summed E-state index contributed by atoms with van der Waals surface area (Å²) in [5.74, 6) is 0.194. The lowest BCUT2D eigenvalue weighted by atomic mass is 9.80. The second-order valence-corrected chi connectivity index (χ2v) is 6.03. The normalized spacial score (nSPS) is 31.1. The maximum Gasteiger partial charge on any atom is 0.344 e. The van der Waals surface area contributed by atoms with Crippen LogP contribution in [0, 0.1) is 11.8 Å². The number of unbranched alkanes of at least 4 members (excludes halogenated alkanes) is 1. The van der Waals surface area contributed by atoms with Gasteiger partial charge in [0.05, 0.1) is 0 Å². The van der Waals surface area contributed by atoms with Crippen LogP contribution in [-0.2, 0) is 19.1 Å². The van der Waals surface area contributed by atoms with Gasteiger partial charge in [0.25, 0.3) is 0 Å². The molecule has 2 bridgehead atoms. The van der Waals surface area contributed by atoms with Gasteiger partial charge in [-0.3, -0.25) is 0 Å². The van der Waals surface area contributed by atoms with Crippen molar-refractivity contribution < 1.29 is 19.1 Å². The van der Waals surface area contributed by atoms with Gasteiger partial charge in [-0.2, -0.15) is 0 Å². The maximum absolute atomic E-state index is 11.9. The van der Waals surface area contributed by atoms with Crippen LogP contribution < -0.4 is 0 Å². The Labute approximate surface area is 120 Å². The van der Waals surface area contributed by atoms with Gasteiger partial charge in [-0.1, -0.05) is 19.9 Å². The van der Waals surface area contributed by atoms with Crippen molar-refractivity contribution in [2.45, 2.75) is 57.5 Å². The van der Waals surface area contributed by atoms with Crippen LogP contribution in [0.4, 0.5) is 0 Å². The van der Waals surface area contributed by atoms with Gasteiger partial charge in [0, 0.05) is 6.08 Å². The number of hydrogen-bond acceptors (Lipinski definition) is 4. The van der Waals surface area contributed by atoms with E-state index in [0.717, 1.165) is 38.2 Å². The first-order chi connectivity index (χ1) is 9.59. The molecule has 3 atom stereocenters. The van der Waals surface area contributed by atoms with E-state index < -0.39 is 11.9 Å². The van der Waals surface area contributed by atoms with Gasteiger partial charge in [-0.25, -0.2) is 9.59 Å². The Balaban J connectivity index is 1.93. The molecule has 2 saturated carbocycles. The zero-order chi connectivity index (χ0) is 14.6. The summed E-state index contributed by atoms with van der Waals surface area (Å²) in [7, 11) is 0. The largest absolute Gasteiger partial charge is 0.456 e. The Hall–Kier alpha value is -1.32. The first-order valence-electron chi connectivity index (χ1n) is 7.60. The number of rotatable bonds is 7. The lowest BCUT2D eigenvalue weighted by Gasteiger charge is -2.37. The molecule has 0 N–H and O–H groups in total. The fraction of sp³-hybridized carbons (Fsp3) is 0.750. The van der Waals surface area contributed by atoms with Crippen molar-refractivity contribution in [3.05, 3.63) is 12.7 Å². The molecule has 4 nitrogen and oxygen atoms in total. The molecule has 2 aliphatic carbocycles. The van der Waals surface area contributed by atoms with Crippen LogP contribution >= 0.6 is 0 Å². The highest BCUT2D eigenvalue weighted by molar-refractivity contribution is 5.83. The summed E-state index contributed by atoms with van der Waals surface area (Å²) in [6.07, 6.45) is 8.76. The molecule has 2 fully saturated rings. The molecule has 0 amide bonds. The van der Waals surface area contributed by atoms with E-state index in [1.54, 1.807) is 0 Å². The number of carbonyl (C=O) groups excluding carboxylic acids is 2. The molecule has 112 valence electrons. The van der Waals surface area contributed by atoms with Gasteiger partial charge in [-0.15, -0.1) is 0 Å². The van der Waals surface area contributed by atoms with Crippen LogP contribution in [0.5, 0.6) is 0 Å². The van der Waals surface area contributed by atoms with E-state index in [0.29, 0.717) is 11.8 Å². The molecule has 3 unspecified atom stereocenters. The Morgan fingerprint density at radius 2 is 2.20 bits per heavy atom.